The van der Waals surface area contributed by atoms with Gasteiger partial charge in [0, 0.05) is 22.6 Å². The third-order valence-electron chi connectivity index (χ3n) is 3.27. The Kier molecular flexibility index (Phi) is 3.45. The molecule has 0 saturated carbocycles. The summed E-state index contributed by atoms with van der Waals surface area (Å²) in [6.45, 7) is 7.18. The monoisotopic (exact) mass is 250 g/mol. The maximum absolute atomic E-state index is 6.08. The van der Waals surface area contributed by atoms with Gasteiger partial charge in [0.05, 0.1) is 5.52 Å². The SMILES string of the molecule is CC(CN)c1cn(C(C)C)c2cc(Cl)ccc12. The number of fused-ring (bicyclic) bond motifs is 1. The van der Waals surface area contributed by atoms with Gasteiger partial charge in [-0.2, -0.15) is 0 Å². The van der Waals surface area contributed by atoms with E-state index in [1.165, 1.54) is 16.5 Å². The Morgan fingerprint density at radius 3 is 2.59 bits per heavy atom. The Hall–Kier alpha value is -0.990. The summed E-state index contributed by atoms with van der Waals surface area (Å²) < 4.78 is 2.27. The number of hydrogen-bond acceptors (Lipinski definition) is 1. The molecule has 1 aromatic carbocycles. The second-order valence-electron chi connectivity index (χ2n) is 4.88. The van der Waals surface area contributed by atoms with Gasteiger partial charge in [-0.25, -0.2) is 0 Å². The molecule has 2 aromatic rings. The summed E-state index contributed by atoms with van der Waals surface area (Å²) in [7, 11) is 0. The average molecular weight is 251 g/mol. The van der Waals surface area contributed by atoms with Crippen LogP contribution in [0.15, 0.2) is 24.4 Å². The molecule has 0 aliphatic heterocycles. The topological polar surface area (TPSA) is 30.9 Å². The van der Waals surface area contributed by atoms with Crippen molar-refractivity contribution in [1.29, 1.82) is 0 Å². The van der Waals surface area contributed by atoms with E-state index in [9.17, 15) is 0 Å². The normalized spacial score (nSPS) is 13.5. The van der Waals surface area contributed by atoms with Crippen LogP contribution in [-0.2, 0) is 0 Å². The average Bonchev–Trinajstić information content (AvgIpc) is 2.66. The molecule has 1 atom stereocenters. The summed E-state index contributed by atoms with van der Waals surface area (Å²) in [6.07, 6.45) is 2.21. The predicted molar refractivity (Wildman–Crippen MR) is 74.8 cm³/mol. The van der Waals surface area contributed by atoms with Crippen molar-refractivity contribution in [1.82, 2.24) is 4.57 Å². The van der Waals surface area contributed by atoms with Crippen LogP contribution >= 0.6 is 11.6 Å². The quantitative estimate of drug-likeness (QED) is 0.879. The lowest BCUT2D eigenvalue weighted by Crippen LogP contribution is -2.08. The van der Waals surface area contributed by atoms with Crippen LogP contribution in [0.5, 0.6) is 0 Å². The molecule has 0 saturated heterocycles. The van der Waals surface area contributed by atoms with Crippen LogP contribution in [0.25, 0.3) is 10.9 Å². The maximum atomic E-state index is 6.08. The minimum atomic E-state index is 0.374. The summed E-state index contributed by atoms with van der Waals surface area (Å²) in [5.74, 6) is 0.374. The fourth-order valence-electron chi connectivity index (χ4n) is 2.20. The van der Waals surface area contributed by atoms with Crippen molar-refractivity contribution in [3.8, 4) is 0 Å². The number of rotatable bonds is 3. The van der Waals surface area contributed by atoms with Crippen LogP contribution in [0.3, 0.4) is 0 Å². The second-order valence-corrected chi connectivity index (χ2v) is 5.32. The lowest BCUT2D eigenvalue weighted by molar-refractivity contribution is 0.618. The van der Waals surface area contributed by atoms with Crippen molar-refractivity contribution >= 4 is 22.5 Å². The van der Waals surface area contributed by atoms with Gasteiger partial charge in [-0.05, 0) is 44.0 Å². The molecule has 1 aromatic heterocycles. The van der Waals surface area contributed by atoms with Crippen molar-refractivity contribution in [2.24, 2.45) is 5.73 Å². The zero-order valence-electron chi connectivity index (χ0n) is 10.6. The molecule has 1 unspecified atom stereocenters. The molecule has 0 fully saturated rings. The minimum Gasteiger partial charge on any atom is -0.345 e. The summed E-state index contributed by atoms with van der Waals surface area (Å²) in [5.41, 5.74) is 8.28. The molecule has 2 N–H and O–H groups in total. The first-order chi connectivity index (χ1) is 8.04. The summed E-state index contributed by atoms with van der Waals surface area (Å²) >= 11 is 6.08. The Bertz CT molecular complexity index is 528. The van der Waals surface area contributed by atoms with E-state index in [0.29, 0.717) is 18.5 Å². The van der Waals surface area contributed by atoms with Crippen LogP contribution in [0, 0.1) is 0 Å². The molecule has 0 spiro atoms. The molecule has 0 amide bonds. The zero-order chi connectivity index (χ0) is 12.6. The van der Waals surface area contributed by atoms with Gasteiger partial charge in [0.15, 0.2) is 0 Å². The summed E-state index contributed by atoms with van der Waals surface area (Å²) in [6, 6.07) is 6.50. The maximum Gasteiger partial charge on any atom is 0.0500 e. The highest BCUT2D eigenvalue weighted by Crippen LogP contribution is 2.31. The van der Waals surface area contributed by atoms with Crippen molar-refractivity contribution < 1.29 is 0 Å². The summed E-state index contributed by atoms with van der Waals surface area (Å²) in [4.78, 5) is 0. The fourth-order valence-corrected chi connectivity index (χ4v) is 2.36. The van der Waals surface area contributed by atoms with Crippen molar-refractivity contribution in [3.05, 3.63) is 35.0 Å². The smallest absolute Gasteiger partial charge is 0.0500 e. The minimum absolute atomic E-state index is 0.374. The van der Waals surface area contributed by atoms with Crippen LogP contribution in [-0.4, -0.2) is 11.1 Å². The number of nitrogens with zero attached hydrogens (tertiary/aromatic N) is 1. The van der Waals surface area contributed by atoms with Gasteiger partial charge in [0.25, 0.3) is 0 Å². The fraction of sp³-hybridized carbons (Fsp3) is 0.429. The first-order valence-corrected chi connectivity index (χ1v) is 6.42. The molecule has 92 valence electrons. The van der Waals surface area contributed by atoms with E-state index in [1.807, 2.05) is 12.1 Å². The number of benzene rings is 1. The standard InChI is InChI=1S/C14H19ClN2/c1-9(2)17-8-13(10(3)7-16)12-5-4-11(15)6-14(12)17/h4-6,8-10H,7,16H2,1-3H3. The molecule has 17 heavy (non-hydrogen) atoms. The van der Waals surface area contributed by atoms with Crippen LogP contribution < -0.4 is 5.73 Å². The molecule has 0 aliphatic rings. The van der Waals surface area contributed by atoms with E-state index >= 15 is 0 Å². The van der Waals surface area contributed by atoms with Gasteiger partial charge in [0.2, 0.25) is 0 Å². The third kappa shape index (κ3) is 2.20. The third-order valence-corrected chi connectivity index (χ3v) is 3.50. The largest absolute Gasteiger partial charge is 0.345 e. The highest BCUT2D eigenvalue weighted by molar-refractivity contribution is 6.31. The molecule has 1 heterocycles. The zero-order valence-corrected chi connectivity index (χ0v) is 11.3. The van der Waals surface area contributed by atoms with Crippen molar-refractivity contribution in [3.63, 3.8) is 0 Å². The number of hydrogen-bond donors (Lipinski definition) is 1. The Balaban J connectivity index is 2.70. The van der Waals surface area contributed by atoms with Gasteiger partial charge in [0.1, 0.15) is 0 Å². The van der Waals surface area contributed by atoms with Gasteiger partial charge in [-0.3, -0.25) is 0 Å². The molecule has 2 nitrogen and oxygen atoms in total. The number of nitrogens with two attached hydrogens (primary N) is 1. The van der Waals surface area contributed by atoms with Gasteiger partial charge >= 0.3 is 0 Å². The molecule has 0 radical (unpaired) electrons. The Labute approximate surface area is 107 Å². The van der Waals surface area contributed by atoms with E-state index in [1.54, 1.807) is 0 Å². The van der Waals surface area contributed by atoms with E-state index in [4.69, 9.17) is 17.3 Å². The predicted octanol–water partition coefficient (Wildman–Crippen LogP) is 3.94. The van der Waals surface area contributed by atoms with Gasteiger partial charge in [-0.1, -0.05) is 24.6 Å². The second kappa shape index (κ2) is 4.71. The van der Waals surface area contributed by atoms with Gasteiger partial charge < -0.3 is 10.3 Å². The first-order valence-electron chi connectivity index (χ1n) is 6.04. The van der Waals surface area contributed by atoms with Crippen LogP contribution in [0.1, 0.15) is 38.3 Å². The van der Waals surface area contributed by atoms with E-state index in [2.05, 4.69) is 37.6 Å². The molecule has 0 bridgehead atoms. The lowest BCUT2D eigenvalue weighted by Gasteiger charge is -2.09. The van der Waals surface area contributed by atoms with E-state index in [0.717, 1.165) is 5.02 Å². The van der Waals surface area contributed by atoms with E-state index in [-0.39, 0.29) is 0 Å². The highest BCUT2D eigenvalue weighted by atomic mass is 35.5. The molecular weight excluding hydrogens is 232 g/mol. The molecular formula is C14H19ClN2. The molecule has 0 aliphatic carbocycles. The summed E-state index contributed by atoms with van der Waals surface area (Å²) in [5, 5.41) is 2.05. The molecule has 3 heteroatoms. The molecule has 2 rings (SSSR count). The Morgan fingerprint density at radius 2 is 2.00 bits per heavy atom. The lowest BCUT2D eigenvalue weighted by atomic mass is 10.0. The van der Waals surface area contributed by atoms with Gasteiger partial charge in [-0.15, -0.1) is 0 Å². The number of halogens is 1. The van der Waals surface area contributed by atoms with Crippen LogP contribution in [0.4, 0.5) is 0 Å². The highest BCUT2D eigenvalue weighted by Gasteiger charge is 2.14. The Morgan fingerprint density at radius 1 is 1.29 bits per heavy atom. The van der Waals surface area contributed by atoms with Crippen molar-refractivity contribution in [2.45, 2.75) is 32.7 Å². The first kappa shape index (κ1) is 12.5. The van der Waals surface area contributed by atoms with E-state index < -0.39 is 0 Å². The number of aromatic nitrogens is 1. The van der Waals surface area contributed by atoms with Crippen LogP contribution in [0.2, 0.25) is 5.02 Å². The van der Waals surface area contributed by atoms with Crippen molar-refractivity contribution in [2.75, 3.05) is 6.54 Å².